The van der Waals surface area contributed by atoms with Gasteiger partial charge in [0.25, 0.3) is 5.91 Å². The van der Waals surface area contributed by atoms with Crippen LogP contribution in [0.3, 0.4) is 0 Å². The first-order valence-corrected chi connectivity index (χ1v) is 10.1. The van der Waals surface area contributed by atoms with Gasteiger partial charge < -0.3 is 10.1 Å². The number of nitrogens with one attached hydrogen (secondary N) is 2. The van der Waals surface area contributed by atoms with Crippen molar-refractivity contribution in [1.29, 1.82) is 0 Å². The molecule has 0 aromatic heterocycles. The van der Waals surface area contributed by atoms with Crippen LogP contribution < -0.4 is 14.8 Å². The van der Waals surface area contributed by atoms with Crippen molar-refractivity contribution >= 4 is 15.9 Å². The highest BCUT2D eigenvalue weighted by atomic mass is 32.2. The van der Waals surface area contributed by atoms with Crippen LogP contribution in [0.15, 0.2) is 47.4 Å². The molecular formula is C20H26N2O4S. The van der Waals surface area contributed by atoms with Crippen LogP contribution in [0, 0.1) is 6.92 Å². The molecule has 0 aliphatic carbocycles. The van der Waals surface area contributed by atoms with Crippen molar-refractivity contribution in [1.82, 2.24) is 10.0 Å². The third-order valence-corrected chi connectivity index (χ3v) is 5.64. The summed E-state index contributed by atoms with van der Waals surface area (Å²) >= 11 is 0. The normalized spacial score (nSPS) is 11.9. The molecule has 0 aliphatic rings. The van der Waals surface area contributed by atoms with Crippen molar-refractivity contribution < 1.29 is 17.9 Å². The minimum Gasteiger partial charge on any atom is -0.495 e. The number of sulfonamides is 1. The minimum absolute atomic E-state index is 0.0662. The van der Waals surface area contributed by atoms with Crippen LogP contribution in [0.4, 0.5) is 0 Å². The zero-order chi connectivity index (χ0) is 20.2. The first-order valence-electron chi connectivity index (χ1n) is 8.58. The van der Waals surface area contributed by atoms with Crippen molar-refractivity contribution in [2.45, 2.75) is 44.7 Å². The van der Waals surface area contributed by atoms with E-state index in [1.807, 2.05) is 31.2 Å². The van der Waals surface area contributed by atoms with Crippen molar-refractivity contribution in [3.05, 3.63) is 59.2 Å². The highest BCUT2D eigenvalue weighted by Gasteiger charge is 2.26. The quantitative estimate of drug-likeness (QED) is 0.794. The lowest BCUT2D eigenvalue weighted by Gasteiger charge is -2.21. The van der Waals surface area contributed by atoms with Gasteiger partial charge in [-0.3, -0.25) is 4.79 Å². The summed E-state index contributed by atoms with van der Waals surface area (Å²) in [5, 5.41) is 2.83. The van der Waals surface area contributed by atoms with Crippen LogP contribution >= 0.6 is 0 Å². The minimum atomic E-state index is -3.85. The summed E-state index contributed by atoms with van der Waals surface area (Å²) in [4.78, 5) is 12.5. The number of carbonyl (C=O) groups is 1. The Morgan fingerprint density at radius 3 is 2.37 bits per heavy atom. The number of methoxy groups -OCH3 is 1. The van der Waals surface area contributed by atoms with Gasteiger partial charge in [0.05, 0.1) is 7.11 Å². The van der Waals surface area contributed by atoms with Gasteiger partial charge in [0.2, 0.25) is 10.0 Å². The molecule has 0 spiro atoms. The average molecular weight is 391 g/mol. The lowest BCUT2D eigenvalue weighted by molar-refractivity contribution is 0.0950. The van der Waals surface area contributed by atoms with Crippen LogP contribution in [0.5, 0.6) is 5.75 Å². The number of amides is 1. The monoisotopic (exact) mass is 390 g/mol. The van der Waals surface area contributed by atoms with Crippen LogP contribution in [0.25, 0.3) is 0 Å². The van der Waals surface area contributed by atoms with E-state index in [1.54, 1.807) is 26.8 Å². The van der Waals surface area contributed by atoms with Crippen LogP contribution in [0.2, 0.25) is 0 Å². The Balaban J connectivity index is 2.28. The summed E-state index contributed by atoms with van der Waals surface area (Å²) in [7, 11) is -2.45. The Kier molecular flexibility index (Phi) is 6.28. The molecule has 2 aromatic carbocycles. The molecular weight excluding hydrogens is 364 g/mol. The predicted octanol–water partition coefficient (Wildman–Crippen LogP) is 3.01. The zero-order valence-electron chi connectivity index (χ0n) is 16.3. The van der Waals surface area contributed by atoms with E-state index in [-0.39, 0.29) is 22.1 Å². The Hall–Kier alpha value is -2.38. The van der Waals surface area contributed by atoms with Crippen LogP contribution in [0.1, 0.15) is 42.3 Å². The van der Waals surface area contributed by atoms with Crippen LogP contribution in [-0.4, -0.2) is 27.0 Å². The molecule has 0 heterocycles. The first kappa shape index (κ1) is 20.9. The molecule has 0 fully saturated rings. The summed E-state index contributed by atoms with van der Waals surface area (Å²) in [5.74, 6) is -0.171. The number of hydrogen-bond donors (Lipinski definition) is 2. The number of aryl methyl sites for hydroxylation is 1. The fraction of sp³-hybridized carbons (Fsp3) is 0.350. The molecule has 2 aromatic rings. The molecule has 1 amide bonds. The number of ether oxygens (including phenoxy) is 1. The number of rotatable bonds is 6. The number of carbonyl (C=O) groups excluding carboxylic acids is 1. The van der Waals surface area contributed by atoms with Gasteiger partial charge in [0.15, 0.2) is 0 Å². The van der Waals surface area contributed by atoms with Gasteiger partial charge in [-0.2, -0.15) is 0 Å². The SMILES string of the molecule is COc1ccc(C(=O)NCc2ccccc2C)cc1S(=O)(=O)NC(C)(C)C. The molecule has 0 saturated carbocycles. The molecule has 0 aliphatic heterocycles. The summed E-state index contributed by atoms with van der Waals surface area (Å²) in [6.45, 7) is 7.57. The van der Waals surface area contributed by atoms with E-state index in [0.29, 0.717) is 6.54 Å². The fourth-order valence-electron chi connectivity index (χ4n) is 2.57. The van der Waals surface area contributed by atoms with E-state index in [2.05, 4.69) is 10.0 Å². The molecule has 0 atom stereocenters. The van der Waals surface area contributed by atoms with Gasteiger partial charge in [0.1, 0.15) is 10.6 Å². The van der Waals surface area contributed by atoms with Crippen molar-refractivity contribution in [2.24, 2.45) is 0 Å². The molecule has 2 rings (SSSR count). The van der Waals surface area contributed by atoms with Gasteiger partial charge >= 0.3 is 0 Å². The molecule has 6 nitrogen and oxygen atoms in total. The summed E-state index contributed by atoms with van der Waals surface area (Å²) in [5.41, 5.74) is 1.66. The van der Waals surface area contributed by atoms with Gasteiger partial charge in [-0.15, -0.1) is 0 Å². The maximum Gasteiger partial charge on any atom is 0.251 e. The van der Waals surface area contributed by atoms with Crippen molar-refractivity contribution in [3.63, 3.8) is 0 Å². The van der Waals surface area contributed by atoms with Gasteiger partial charge in [-0.25, -0.2) is 13.1 Å². The van der Waals surface area contributed by atoms with E-state index < -0.39 is 15.6 Å². The Morgan fingerprint density at radius 2 is 1.78 bits per heavy atom. The van der Waals surface area contributed by atoms with E-state index in [9.17, 15) is 13.2 Å². The third-order valence-electron chi connectivity index (χ3n) is 3.86. The molecule has 0 unspecified atom stereocenters. The average Bonchev–Trinajstić information content (AvgIpc) is 2.58. The van der Waals surface area contributed by atoms with Gasteiger partial charge in [-0.05, 0) is 57.0 Å². The topological polar surface area (TPSA) is 84.5 Å². The summed E-state index contributed by atoms with van der Waals surface area (Å²) in [6.07, 6.45) is 0. The molecule has 7 heteroatoms. The van der Waals surface area contributed by atoms with E-state index in [1.165, 1.54) is 19.2 Å². The second-order valence-electron chi connectivity index (χ2n) is 7.33. The Bertz CT molecular complexity index is 931. The molecule has 0 saturated heterocycles. The Labute approximate surface area is 161 Å². The van der Waals surface area contributed by atoms with E-state index in [4.69, 9.17) is 4.74 Å². The van der Waals surface area contributed by atoms with Crippen molar-refractivity contribution in [3.8, 4) is 5.75 Å². The lowest BCUT2D eigenvalue weighted by Crippen LogP contribution is -2.40. The van der Waals surface area contributed by atoms with Crippen LogP contribution in [-0.2, 0) is 16.6 Å². The predicted molar refractivity (Wildman–Crippen MR) is 105 cm³/mol. The summed E-state index contributed by atoms with van der Waals surface area (Å²) < 4.78 is 33.2. The number of benzene rings is 2. The summed E-state index contributed by atoms with van der Waals surface area (Å²) in [6, 6.07) is 12.1. The third kappa shape index (κ3) is 5.55. The molecule has 2 N–H and O–H groups in total. The standard InChI is InChI=1S/C20H26N2O4S/c1-14-8-6-7-9-16(14)13-21-19(23)15-10-11-17(26-5)18(12-15)27(24,25)22-20(2,3)4/h6-12,22H,13H2,1-5H3,(H,21,23). The molecule has 0 bridgehead atoms. The smallest absolute Gasteiger partial charge is 0.251 e. The first-order chi connectivity index (χ1) is 12.5. The number of hydrogen-bond acceptors (Lipinski definition) is 4. The second-order valence-corrected chi connectivity index (χ2v) is 8.98. The van der Waals surface area contributed by atoms with E-state index in [0.717, 1.165) is 11.1 Å². The second kappa shape index (κ2) is 8.10. The largest absolute Gasteiger partial charge is 0.495 e. The highest BCUT2D eigenvalue weighted by Crippen LogP contribution is 2.26. The molecule has 146 valence electrons. The van der Waals surface area contributed by atoms with Gasteiger partial charge in [0, 0.05) is 17.6 Å². The zero-order valence-corrected chi connectivity index (χ0v) is 17.1. The molecule has 0 radical (unpaired) electrons. The highest BCUT2D eigenvalue weighted by molar-refractivity contribution is 7.89. The fourth-order valence-corrected chi connectivity index (χ4v) is 4.19. The Morgan fingerprint density at radius 1 is 1.11 bits per heavy atom. The van der Waals surface area contributed by atoms with Crippen molar-refractivity contribution in [2.75, 3.05) is 7.11 Å². The maximum absolute atomic E-state index is 12.7. The van der Waals surface area contributed by atoms with E-state index >= 15 is 0 Å². The molecule has 27 heavy (non-hydrogen) atoms. The lowest BCUT2D eigenvalue weighted by atomic mass is 10.1. The van der Waals surface area contributed by atoms with Gasteiger partial charge in [-0.1, -0.05) is 24.3 Å². The maximum atomic E-state index is 12.7.